The molecule has 0 unspecified atom stereocenters. The molecule has 6 heteroatoms. The third kappa shape index (κ3) is 4.35. The quantitative estimate of drug-likeness (QED) is 0.386. The summed E-state index contributed by atoms with van der Waals surface area (Å²) in [6, 6.07) is 16.6. The zero-order valence-electron chi connectivity index (χ0n) is 19.6. The minimum absolute atomic E-state index is 0.0377. The number of rotatable bonds is 8. The van der Waals surface area contributed by atoms with Crippen molar-refractivity contribution in [3.63, 3.8) is 0 Å². The molecular formula is C27H32N4OS. The highest BCUT2D eigenvalue weighted by Gasteiger charge is 2.31. The van der Waals surface area contributed by atoms with Gasteiger partial charge in [0.1, 0.15) is 5.82 Å². The Balaban J connectivity index is 1.28. The Morgan fingerprint density at radius 3 is 2.79 bits per heavy atom. The lowest BCUT2D eigenvalue weighted by molar-refractivity contribution is 0.126. The third-order valence-corrected chi connectivity index (χ3v) is 7.94. The Labute approximate surface area is 199 Å². The summed E-state index contributed by atoms with van der Waals surface area (Å²) in [5, 5.41) is 15.5. The van der Waals surface area contributed by atoms with Gasteiger partial charge in [-0.2, -0.15) is 0 Å². The van der Waals surface area contributed by atoms with Crippen molar-refractivity contribution in [3.05, 3.63) is 81.1 Å². The van der Waals surface area contributed by atoms with Gasteiger partial charge in [0.05, 0.1) is 33.8 Å². The molecule has 0 fully saturated rings. The molecule has 2 aromatic carbocycles. The fourth-order valence-electron chi connectivity index (χ4n) is 5.10. The first-order chi connectivity index (χ1) is 16.0. The number of hydrogen-bond donors (Lipinski definition) is 2. The summed E-state index contributed by atoms with van der Waals surface area (Å²) in [5.41, 5.74) is 5.70. The van der Waals surface area contributed by atoms with Crippen molar-refractivity contribution in [2.45, 2.75) is 57.6 Å². The summed E-state index contributed by atoms with van der Waals surface area (Å²) in [6.45, 7) is 5.03. The summed E-state index contributed by atoms with van der Waals surface area (Å²) in [7, 11) is 2.12. The van der Waals surface area contributed by atoms with Gasteiger partial charge in [-0.05, 0) is 62.4 Å². The molecule has 0 bridgehead atoms. The van der Waals surface area contributed by atoms with E-state index in [2.05, 4.69) is 49.0 Å². The van der Waals surface area contributed by atoms with Gasteiger partial charge in [-0.3, -0.25) is 0 Å². The first-order valence-electron chi connectivity index (χ1n) is 11.9. The Morgan fingerprint density at radius 2 is 2.00 bits per heavy atom. The Kier molecular flexibility index (Phi) is 6.32. The van der Waals surface area contributed by atoms with Crippen LogP contribution in [-0.4, -0.2) is 32.2 Å². The molecule has 1 aliphatic rings. The van der Waals surface area contributed by atoms with Gasteiger partial charge in [0.15, 0.2) is 0 Å². The summed E-state index contributed by atoms with van der Waals surface area (Å²) < 4.78 is 2.25. The van der Waals surface area contributed by atoms with Crippen molar-refractivity contribution in [2.24, 2.45) is 7.05 Å². The lowest BCUT2D eigenvalue weighted by Gasteiger charge is -2.23. The van der Waals surface area contributed by atoms with Gasteiger partial charge in [-0.15, -0.1) is 11.3 Å². The van der Waals surface area contributed by atoms with Crippen LogP contribution in [-0.2, 0) is 19.9 Å². The van der Waals surface area contributed by atoms with Gasteiger partial charge in [-0.1, -0.05) is 43.3 Å². The summed E-state index contributed by atoms with van der Waals surface area (Å²) in [5.74, 6) is 1.43. The van der Waals surface area contributed by atoms with Gasteiger partial charge in [0.2, 0.25) is 0 Å². The molecule has 0 aliphatic heterocycles. The molecule has 2 aromatic heterocycles. The number of imidazole rings is 1. The zero-order chi connectivity index (χ0) is 22.9. The molecule has 0 spiro atoms. The Bertz CT molecular complexity index is 1250. The fourth-order valence-corrected chi connectivity index (χ4v) is 6.11. The maximum Gasteiger partial charge on any atom is 0.118 e. The fraction of sp³-hybridized carbons (Fsp3) is 0.407. The largest absolute Gasteiger partial charge is 0.387 e. The van der Waals surface area contributed by atoms with Crippen LogP contribution in [0.5, 0.6) is 0 Å². The van der Waals surface area contributed by atoms with Crippen molar-refractivity contribution in [1.82, 2.24) is 19.9 Å². The monoisotopic (exact) mass is 460 g/mol. The summed E-state index contributed by atoms with van der Waals surface area (Å²) >= 11 is 1.83. The highest BCUT2D eigenvalue weighted by atomic mass is 32.1. The lowest BCUT2D eigenvalue weighted by Crippen LogP contribution is -2.35. The Hall–Kier alpha value is -2.54. The number of aryl methyl sites for hydroxylation is 3. The molecule has 5 rings (SSSR count). The van der Waals surface area contributed by atoms with Gasteiger partial charge >= 0.3 is 0 Å². The number of nitrogens with one attached hydrogen (secondary N) is 1. The van der Waals surface area contributed by atoms with E-state index in [1.54, 1.807) is 0 Å². The second-order valence-electron chi connectivity index (χ2n) is 9.06. The number of benzene rings is 2. The van der Waals surface area contributed by atoms with Crippen LogP contribution in [0.2, 0.25) is 0 Å². The van der Waals surface area contributed by atoms with E-state index in [-0.39, 0.29) is 6.04 Å². The van der Waals surface area contributed by atoms with Crippen molar-refractivity contribution < 1.29 is 5.11 Å². The molecule has 0 saturated heterocycles. The van der Waals surface area contributed by atoms with Gasteiger partial charge in [0.25, 0.3) is 0 Å². The number of thiazole rings is 1. The molecule has 3 atom stereocenters. The molecule has 5 nitrogen and oxygen atoms in total. The van der Waals surface area contributed by atoms with Crippen LogP contribution in [0.15, 0.2) is 48.5 Å². The third-order valence-electron chi connectivity index (χ3n) is 6.90. The number of aromatic nitrogens is 3. The van der Waals surface area contributed by atoms with Gasteiger partial charge in [0, 0.05) is 18.0 Å². The topological polar surface area (TPSA) is 63.0 Å². The maximum atomic E-state index is 10.7. The van der Waals surface area contributed by atoms with Crippen LogP contribution in [0.25, 0.3) is 11.0 Å². The van der Waals surface area contributed by atoms with E-state index in [4.69, 9.17) is 9.97 Å². The van der Waals surface area contributed by atoms with Crippen LogP contribution in [0.1, 0.15) is 64.3 Å². The minimum Gasteiger partial charge on any atom is -0.387 e. The standard InChI is InChI=1S/C27H32N4OS/c1-4-21(26(32)19-8-6-5-7-9-19)28-15-14-18-10-12-23-22(16-18)30-27(31(23)3)20-11-13-24-25(20)29-17(2)33-24/h5-10,12,16,20-21,26,28,32H,4,11,13-15H2,1-3H3/t20-,21-,26-/m1/s1. The second-order valence-corrected chi connectivity index (χ2v) is 10.3. The molecule has 0 saturated carbocycles. The van der Waals surface area contributed by atoms with E-state index in [0.717, 1.165) is 54.1 Å². The van der Waals surface area contributed by atoms with E-state index in [1.165, 1.54) is 21.7 Å². The van der Waals surface area contributed by atoms with Crippen LogP contribution in [0, 0.1) is 6.92 Å². The first kappa shape index (κ1) is 22.3. The second kappa shape index (κ2) is 9.37. The van der Waals surface area contributed by atoms with Crippen molar-refractivity contribution in [1.29, 1.82) is 0 Å². The van der Waals surface area contributed by atoms with Crippen molar-refractivity contribution in [3.8, 4) is 0 Å². The SMILES string of the molecule is CC[C@@H](NCCc1ccc2c(c1)nc([C@@H]1CCc3sc(C)nc31)n2C)[C@H](O)c1ccccc1. The smallest absolute Gasteiger partial charge is 0.118 e. The normalized spacial score (nSPS) is 17.4. The molecule has 4 aromatic rings. The molecule has 172 valence electrons. The highest BCUT2D eigenvalue weighted by Crippen LogP contribution is 2.40. The van der Waals surface area contributed by atoms with Crippen LogP contribution < -0.4 is 5.32 Å². The first-order valence-corrected chi connectivity index (χ1v) is 12.7. The van der Waals surface area contributed by atoms with E-state index in [1.807, 2.05) is 41.7 Å². The number of fused-ring (bicyclic) bond motifs is 2. The molecule has 2 N–H and O–H groups in total. The number of aliphatic hydroxyl groups excluding tert-OH is 1. The molecular weight excluding hydrogens is 428 g/mol. The van der Waals surface area contributed by atoms with Crippen LogP contribution >= 0.6 is 11.3 Å². The summed E-state index contributed by atoms with van der Waals surface area (Å²) in [6.07, 6.45) is 3.49. The average molecular weight is 461 g/mol. The molecule has 0 radical (unpaired) electrons. The van der Waals surface area contributed by atoms with Crippen molar-refractivity contribution in [2.75, 3.05) is 6.54 Å². The van der Waals surface area contributed by atoms with Crippen LogP contribution in [0.4, 0.5) is 0 Å². The maximum absolute atomic E-state index is 10.7. The van der Waals surface area contributed by atoms with Crippen LogP contribution in [0.3, 0.4) is 0 Å². The van der Waals surface area contributed by atoms with Crippen molar-refractivity contribution >= 4 is 22.4 Å². The number of nitrogens with zero attached hydrogens (tertiary/aromatic N) is 3. The number of hydrogen-bond acceptors (Lipinski definition) is 5. The molecule has 0 amide bonds. The zero-order valence-corrected chi connectivity index (χ0v) is 20.4. The average Bonchev–Trinajstić information content (AvgIpc) is 3.49. The highest BCUT2D eigenvalue weighted by molar-refractivity contribution is 7.11. The predicted octanol–water partition coefficient (Wildman–Crippen LogP) is 5.06. The number of aliphatic hydroxyl groups is 1. The predicted molar refractivity (Wildman–Crippen MR) is 135 cm³/mol. The Morgan fingerprint density at radius 1 is 1.18 bits per heavy atom. The molecule has 2 heterocycles. The molecule has 33 heavy (non-hydrogen) atoms. The minimum atomic E-state index is -0.498. The van der Waals surface area contributed by atoms with Gasteiger partial charge in [-0.25, -0.2) is 9.97 Å². The van der Waals surface area contributed by atoms with E-state index < -0.39 is 6.10 Å². The van der Waals surface area contributed by atoms with E-state index >= 15 is 0 Å². The van der Waals surface area contributed by atoms with E-state index in [0.29, 0.717) is 5.92 Å². The van der Waals surface area contributed by atoms with E-state index in [9.17, 15) is 5.11 Å². The van der Waals surface area contributed by atoms with Gasteiger partial charge < -0.3 is 15.0 Å². The molecule has 1 aliphatic carbocycles. The lowest BCUT2D eigenvalue weighted by atomic mass is 10.00. The summed E-state index contributed by atoms with van der Waals surface area (Å²) in [4.78, 5) is 11.3.